The van der Waals surface area contributed by atoms with Gasteiger partial charge in [0.1, 0.15) is 16.9 Å². The molecule has 0 aliphatic carbocycles. The van der Waals surface area contributed by atoms with Crippen LogP contribution in [0.3, 0.4) is 0 Å². The maximum absolute atomic E-state index is 13.0. The monoisotopic (exact) mass is 383 g/mol. The Hall–Kier alpha value is -3.09. The molecule has 3 rings (SSSR count). The summed E-state index contributed by atoms with van der Waals surface area (Å²) >= 11 is 0. The number of hydrogen-bond acceptors (Lipinski definition) is 5. The van der Waals surface area contributed by atoms with E-state index >= 15 is 0 Å². The predicted molar refractivity (Wildman–Crippen MR) is 104 cm³/mol. The molecule has 2 amide bonds. The Bertz CT molecular complexity index is 825. The number of rotatable bonds is 3. The van der Waals surface area contributed by atoms with E-state index in [2.05, 4.69) is 4.98 Å². The van der Waals surface area contributed by atoms with Crippen LogP contribution in [0, 0.1) is 0 Å². The molecular weight excluding hydrogens is 358 g/mol. The first-order valence-electron chi connectivity index (χ1n) is 9.28. The van der Waals surface area contributed by atoms with E-state index in [0.29, 0.717) is 37.5 Å². The zero-order valence-electron chi connectivity index (χ0n) is 16.4. The lowest BCUT2D eigenvalue weighted by Crippen LogP contribution is -2.51. The van der Waals surface area contributed by atoms with E-state index in [1.807, 2.05) is 51.1 Å². The van der Waals surface area contributed by atoms with Gasteiger partial charge in [0.2, 0.25) is 5.88 Å². The third kappa shape index (κ3) is 5.00. The smallest absolute Gasteiger partial charge is 0.410 e. The number of carbonyl (C=O) groups excluding carboxylic acids is 2. The van der Waals surface area contributed by atoms with Crippen LogP contribution >= 0.6 is 0 Å². The third-order valence-corrected chi connectivity index (χ3v) is 4.18. The lowest BCUT2D eigenvalue weighted by Gasteiger charge is -2.35. The minimum atomic E-state index is -0.538. The summed E-state index contributed by atoms with van der Waals surface area (Å²) < 4.78 is 11.2. The van der Waals surface area contributed by atoms with Crippen molar-refractivity contribution in [2.45, 2.75) is 26.4 Å². The van der Waals surface area contributed by atoms with Crippen molar-refractivity contribution in [3.8, 4) is 11.6 Å². The number of carbonyl (C=O) groups is 2. The summed E-state index contributed by atoms with van der Waals surface area (Å²) in [4.78, 5) is 32.7. The van der Waals surface area contributed by atoms with Crippen molar-refractivity contribution in [3.63, 3.8) is 0 Å². The van der Waals surface area contributed by atoms with E-state index in [9.17, 15) is 9.59 Å². The van der Waals surface area contributed by atoms with Crippen molar-refractivity contribution in [2.24, 2.45) is 0 Å². The second kappa shape index (κ2) is 8.29. The number of pyridine rings is 1. The van der Waals surface area contributed by atoms with E-state index in [1.165, 1.54) is 0 Å². The van der Waals surface area contributed by atoms with Gasteiger partial charge >= 0.3 is 6.09 Å². The van der Waals surface area contributed by atoms with E-state index in [-0.39, 0.29) is 17.9 Å². The average molecular weight is 383 g/mol. The molecule has 28 heavy (non-hydrogen) atoms. The van der Waals surface area contributed by atoms with Crippen LogP contribution in [0.25, 0.3) is 0 Å². The highest BCUT2D eigenvalue weighted by atomic mass is 16.6. The van der Waals surface area contributed by atoms with Gasteiger partial charge in [0.15, 0.2) is 0 Å². The van der Waals surface area contributed by atoms with Crippen LogP contribution in [-0.4, -0.2) is 58.6 Å². The maximum atomic E-state index is 13.0. The Morgan fingerprint density at radius 1 is 0.929 bits per heavy atom. The van der Waals surface area contributed by atoms with Crippen molar-refractivity contribution < 1.29 is 19.1 Å². The van der Waals surface area contributed by atoms with Crippen LogP contribution in [0.1, 0.15) is 31.1 Å². The largest absolute Gasteiger partial charge is 0.444 e. The fraction of sp³-hybridized carbons (Fsp3) is 0.381. The van der Waals surface area contributed by atoms with Crippen LogP contribution in [0.15, 0.2) is 48.7 Å². The highest BCUT2D eigenvalue weighted by Crippen LogP contribution is 2.24. The lowest BCUT2D eigenvalue weighted by molar-refractivity contribution is 0.0140. The van der Waals surface area contributed by atoms with Crippen LogP contribution < -0.4 is 4.74 Å². The summed E-state index contributed by atoms with van der Waals surface area (Å²) in [6.07, 6.45) is 1.24. The molecule has 1 fully saturated rings. The van der Waals surface area contributed by atoms with Gasteiger partial charge in [0.05, 0.1) is 0 Å². The fourth-order valence-electron chi connectivity index (χ4n) is 2.82. The molecule has 0 unspecified atom stereocenters. The summed E-state index contributed by atoms with van der Waals surface area (Å²) in [5.74, 6) is 0.723. The first kappa shape index (κ1) is 19.7. The van der Waals surface area contributed by atoms with Gasteiger partial charge in [-0.1, -0.05) is 18.2 Å². The van der Waals surface area contributed by atoms with Crippen molar-refractivity contribution in [1.82, 2.24) is 14.8 Å². The van der Waals surface area contributed by atoms with E-state index in [0.717, 1.165) is 0 Å². The first-order valence-corrected chi connectivity index (χ1v) is 9.28. The van der Waals surface area contributed by atoms with Gasteiger partial charge < -0.3 is 19.3 Å². The summed E-state index contributed by atoms with van der Waals surface area (Å²) in [6, 6.07) is 12.6. The Morgan fingerprint density at radius 2 is 1.57 bits per heavy atom. The molecule has 7 nitrogen and oxygen atoms in total. The molecule has 0 saturated carbocycles. The number of hydrogen-bond donors (Lipinski definition) is 0. The fourth-order valence-corrected chi connectivity index (χ4v) is 2.82. The molecule has 1 aliphatic rings. The number of para-hydroxylation sites is 1. The van der Waals surface area contributed by atoms with Gasteiger partial charge in [-0.2, -0.15) is 0 Å². The Labute approximate surface area is 164 Å². The second-order valence-corrected chi connectivity index (χ2v) is 7.53. The van der Waals surface area contributed by atoms with Gasteiger partial charge in [-0.15, -0.1) is 0 Å². The standard InChI is InChI=1S/C21H25N3O4/c1-21(2,3)28-20(26)24-14-12-23(13-15-24)19(25)17-10-7-11-22-18(17)27-16-8-5-4-6-9-16/h4-11H,12-15H2,1-3H3. The van der Waals surface area contributed by atoms with Crippen molar-refractivity contribution >= 4 is 12.0 Å². The molecule has 1 saturated heterocycles. The zero-order valence-corrected chi connectivity index (χ0v) is 16.4. The average Bonchev–Trinajstić information content (AvgIpc) is 2.67. The molecule has 1 aliphatic heterocycles. The number of amides is 2. The molecule has 1 aromatic heterocycles. The van der Waals surface area contributed by atoms with Gasteiger partial charge in [-0.05, 0) is 45.0 Å². The molecule has 2 heterocycles. The number of nitrogens with zero attached hydrogens (tertiary/aromatic N) is 3. The van der Waals surface area contributed by atoms with Gasteiger partial charge in [0.25, 0.3) is 5.91 Å². The quantitative estimate of drug-likeness (QED) is 0.810. The SMILES string of the molecule is CC(C)(C)OC(=O)N1CCN(C(=O)c2cccnc2Oc2ccccc2)CC1. The third-order valence-electron chi connectivity index (χ3n) is 4.18. The van der Waals surface area contributed by atoms with Gasteiger partial charge in [-0.25, -0.2) is 9.78 Å². The number of benzene rings is 1. The van der Waals surface area contributed by atoms with Crippen molar-refractivity contribution in [2.75, 3.05) is 26.2 Å². The molecule has 2 aromatic rings. The van der Waals surface area contributed by atoms with Gasteiger partial charge in [-0.3, -0.25) is 4.79 Å². The van der Waals surface area contributed by atoms with Crippen molar-refractivity contribution in [3.05, 3.63) is 54.2 Å². The van der Waals surface area contributed by atoms with Crippen LogP contribution in [-0.2, 0) is 4.74 Å². The Morgan fingerprint density at radius 3 is 2.21 bits per heavy atom. The van der Waals surface area contributed by atoms with E-state index in [4.69, 9.17) is 9.47 Å². The summed E-state index contributed by atoms with van der Waals surface area (Å²) in [5.41, 5.74) is -0.138. The molecule has 0 bridgehead atoms. The molecule has 0 N–H and O–H groups in total. The Kier molecular flexibility index (Phi) is 5.82. The van der Waals surface area contributed by atoms with Crippen LogP contribution in [0.5, 0.6) is 11.6 Å². The number of aromatic nitrogens is 1. The zero-order chi connectivity index (χ0) is 20.1. The molecule has 0 radical (unpaired) electrons. The highest BCUT2D eigenvalue weighted by molar-refractivity contribution is 5.96. The van der Waals surface area contributed by atoms with Crippen molar-refractivity contribution in [1.29, 1.82) is 0 Å². The molecule has 1 aromatic carbocycles. The first-order chi connectivity index (χ1) is 13.3. The second-order valence-electron chi connectivity index (χ2n) is 7.53. The summed E-state index contributed by atoms with van der Waals surface area (Å²) in [6.45, 7) is 7.21. The topological polar surface area (TPSA) is 72.0 Å². The minimum Gasteiger partial charge on any atom is -0.444 e. The van der Waals surface area contributed by atoms with Crippen LogP contribution in [0.4, 0.5) is 4.79 Å². The van der Waals surface area contributed by atoms with Gasteiger partial charge in [0, 0.05) is 32.4 Å². The normalized spacial score (nSPS) is 14.5. The highest BCUT2D eigenvalue weighted by Gasteiger charge is 2.29. The molecule has 148 valence electrons. The predicted octanol–water partition coefficient (Wildman–Crippen LogP) is 3.57. The van der Waals surface area contributed by atoms with E-state index < -0.39 is 5.60 Å². The number of piperazine rings is 1. The molecule has 7 heteroatoms. The molecular formula is C21H25N3O4. The summed E-state index contributed by atoms with van der Waals surface area (Å²) in [7, 11) is 0. The summed E-state index contributed by atoms with van der Waals surface area (Å²) in [5, 5.41) is 0. The minimum absolute atomic E-state index is 0.164. The lowest BCUT2D eigenvalue weighted by atomic mass is 10.2. The molecule has 0 spiro atoms. The van der Waals surface area contributed by atoms with E-state index in [1.54, 1.807) is 28.1 Å². The molecule has 0 atom stereocenters. The Balaban J connectivity index is 1.65. The maximum Gasteiger partial charge on any atom is 0.410 e. The van der Waals surface area contributed by atoms with Crippen LogP contribution in [0.2, 0.25) is 0 Å². The number of ether oxygens (including phenoxy) is 2.